The number of amides is 3. The van der Waals surface area contributed by atoms with Crippen LogP contribution in [0.25, 0.3) is 10.3 Å². The second kappa shape index (κ2) is 10.4. The molecule has 2 saturated heterocycles. The summed E-state index contributed by atoms with van der Waals surface area (Å²) in [6.45, 7) is 12.1. The number of anilines is 3. The maximum absolute atomic E-state index is 13.1. The van der Waals surface area contributed by atoms with E-state index in [1.807, 2.05) is 45.9 Å². The maximum atomic E-state index is 13.1. The Morgan fingerprint density at radius 3 is 2.59 bits per heavy atom. The van der Waals surface area contributed by atoms with Crippen LogP contribution in [0, 0.1) is 6.92 Å². The third kappa shape index (κ3) is 5.92. The van der Waals surface area contributed by atoms with Gasteiger partial charge in [0.1, 0.15) is 23.0 Å². The molecule has 0 bridgehead atoms. The number of nitrogens with zero attached hydrogens (tertiary/aromatic N) is 6. The summed E-state index contributed by atoms with van der Waals surface area (Å²) in [6, 6.07) is 5.42. The molecule has 39 heavy (non-hydrogen) atoms. The van der Waals surface area contributed by atoms with Crippen molar-refractivity contribution in [1.29, 1.82) is 0 Å². The van der Waals surface area contributed by atoms with Gasteiger partial charge in [-0.3, -0.25) is 0 Å². The predicted molar refractivity (Wildman–Crippen MR) is 150 cm³/mol. The number of ether oxygens (including phenoxy) is 2. The molecule has 13 heteroatoms. The van der Waals surface area contributed by atoms with Crippen molar-refractivity contribution in [3.8, 4) is 5.75 Å². The number of thiazole rings is 1. The average Bonchev–Trinajstić information content (AvgIpc) is 3.29. The Hall–Kier alpha value is -3.87. The van der Waals surface area contributed by atoms with Crippen molar-refractivity contribution in [1.82, 2.24) is 24.8 Å². The number of aryl methyl sites for hydroxylation is 1. The number of nitrogens with two attached hydrogens (primary N) is 1. The monoisotopic (exact) mass is 554 g/mol. The van der Waals surface area contributed by atoms with E-state index in [9.17, 15) is 9.59 Å². The van der Waals surface area contributed by atoms with Gasteiger partial charge in [-0.2, -0.15) is 4.98 Å². The molecular formula is C26H34N8O4S. The van der Waals surface area contributed by atoms with Crippen LogP contribution in [0.1, 0.15) is 33.3 Å². The molecule has 0 radical (unpaired) electrons. The minimum Gasteiger partial charge on any atom is -0.487 e. The first-order chi connectivity index (χ1) is 18.5. The van der Waals surface area contributed by atoms with Gasteiger partial charge in [0.25, 0.3) is 0 Å². The number of fused-ring (bicyclic) bond motifs is 1. The molecule has 0 spiro atoms. The molecule has 5 rings (SSSR count). The molecule has 12 nitrogen and oxygen atoms in total. The lowest BCUT2D eigenvalue weighted by Crippen LogP contribution is -2.57. The second-order valence-electron chi connectivity index (χ2n) is 10.9. The Morgan fingerprint density at radius 2 is 1.90 bits per heavy atom. The minimum atomic E-state index is -0.522. The number of hydrogen-bond donors (Lipinski definition) is 2. The van der Waals surface area contributed by atoms with Crippen LogP contribution in [-0.2, 0) is 4.74 Å². The van der Waals surface area contributed by atoms with Gasteiger partial charge >= 0.3 is 12.1 Å². The topological polar surface area (TPSA) is 139 Å². The molecule has 208 valence electrons. The van der Waals surface area contributed by atoms with Crippen LogP contribution in [0.2, 0.25) is 0 Å². The van der Waals surface area contributed by atoms with E-state index in [4.69, 9.17) is 15.2 Å². The first-order valence-electron chi connectivity index (χ1n) is 12.9. The summed E-state index contributed by atoms with van der Waals surface area (Å²) >= 11 is 1.43. The Bertz CT molecular complexity index is 1380. The number of benzene rings is 1. The van der Waals surface area contributed by atoms with Gasteiger partial charge in [-0.1, -0.05) is 0 Å². The number of carbonyl (C=O) groups is 2. The van der Waals surface area contributed by atoms with Crippen LogP contribution in [-0.4, -0.2) is 87.3 Å². The number of urea groups is 1. The van der Waals surface area contributed by atoms with E-state index >= 15 is 0 Å². The SMILES string of the molecule is Cc1cc(OC2CN(C(=O)OC(C)(C)C)C2)ccc1NC(=O)N1CCN(c2nc(N)nc3scnc23)[C@@H](C)C1. The molecule has 1 atom stereocenters. The number of carbonyl (C=O) groups excluding carboxylic acids is 2. The highest BCUT2D eigenvalue weighted by Crippen LogP contribution is 2.29. The van der Waals surface area contributed by atoms with E-state index in [1.54, 1.807) is 15.3 Å². The summed E-state index contributed by atoms with van der Waals surface area (Å²) in [7, 11) is 0. The zero-order valence-electron chi connectivity index (χ0n) is 22.8. The van der Waals surface area contributed by atoms with Crippen LogP contribution >= 0.6 is 11.3 Å². The van der Waals surface area contributed by atoms with E-state index in [0.29, 0.717) is 44.3 Å². The van der Waals surface area contributed by atoms with Crippen LogP contribution in [0.4, 0.5) is 27.0 Å². The molecule has 4 heterocycles. The van der Waals surface area contributed by atoms with E-state index in [1.165, 1.54) is 11.3 Å². The molecule has 3 N–H and O–H groups in total. The number of aromatic nitrogens is 3. The third-order valence-electron chi connectivity index (χ3n) is 6.63. The van der Waals surface area contributed by atoms with Crippen molar-refractivity contribution in [3.05, 3.63) is 29.3 Å². The van der Waals surface area contributed by atoms with Gasteiger partial charge in [-0.15, -0.1) is 11.3 Å². The zero-order valence-corrected chi connectivity index (χ0v) is 23.6. The molecule has 2 fully saturated rings. The first kappa shape index (κ1) is 26.7. The molecular weight excluding hydrogens is 520 g/mol. The molecule has 2 aliphatic rings. The van der Waals surface area contributed by atoms with Crippen molar-refractivity contribution >= 4 is 51.3 Å². The molecule has 3 amide bonds. The van der Waals surface area contributed by atoms with Gasteiger partial charge < -0.3 is 35.2 Å². The predicted octanol–water partition coefficient (Wildman–Crippen LogP) is 3.72. The Kier molecular flexibility index (Phi) is 7.10. The van der Waals surface area contributed by atoms with Gasteiger partial charge in [-0.25, -0.2) is 19.6 Å². The minimum absolute atomic E-state index is 0.0169. The average molecular weight is 555 g/mol. The lowest BCUT2D eigenvalue weighted by Gasteiger charge is -2.40. The number of piperazine rings is 1. The first-order valence-corrected chi connectivity index (χ1v) is 13.8. The van der Waals surface area contributed by atoms with Gasteiger partial charge in [0.15, 0.2) is 10.6 Å². The molecule has 0 saturated carbocycles. The molecule has 0 aliphatic carbocycles. The fourth-order valence-corrected chi connectivity index (χ4v) is 5.30. The Morgan fingerprint density at radius 1 is 1.13 bits per heavy atom. The van der Waals surface area contributed by atoms with E-state index < -0.39 is 5.60 Å². The standard InChI is InChI=1S/C26H34N8O4S/c1-15-10-17(37-18-12-33(13-18)25(36)38-26(3,4)5)6-7-19(15)29-24(35)32-8-9-34(16(2)11-32)21-20-22(39-14-28-20)31-23(27)30-21/h6-7,10,14,16,18H,8-9,11-13H2,1-5H3,(H,29,35)(H2,27,30,31)/t16-/m0/s1. The Balaban J connectivity index is 1.14. The molecule has 3 aromatic rings. The van der Waals surface area contributed by atoms with Gasteiger partial charge in [0.05, 0.1) is 18.6 Å². The van der Waals surface area contributed by atoms with Crippen molar-refractivity contribution in [2.75, 3.05) is 48.7 Å². The van der Waals surface area contributed by atoms with E-state index in [2.05, 4.69) is 32.1 Å². The summed E-state index contributed by atoms with van der Waals surface area (Å²) in [5, 5.41) is 3.03. The normalized spacial score (nSPS) is 18.2. The van der Waals surface area contributed by atoms with Crippen molar-refractivity contribution in [2.45, 2.75) is 52.4 Å². The summed E-state index contributed by atoms with van der Waals surface area (Å²) < 4.78 is 11.4. The quantitative estimate of drug-likeness (QED) is 0.494. The van der Waals surface area contributed by atoms with Gasteiger partial charge in [-0.05, 0) is 58.4 Å². The zero-order chi connectivity index (χ0) is 27.9. The lowest BCUT2D eigenvalue weighted by atomic mass is 10.1. The third-order valence-corrected chi connectivity index (χ3v) is 7.34. The number of likely N-dealkylation sites (tertiary alicyclic amines) is 1. The number of nitrogens with one attached hydrogen (secondary N) is 1. The lowest BCUT2D eigenvalue weighted by molar-refractivity contribution is -0.0221. The molecule has 1 aromatic carbocycles. The molecule has 0 unspecified atom stereocenters. The largest absolute Gasteiger partial charge is 0.487 e. The smallest absolute Gasteiger partial charge is 0.410 e. The second-order valence-corrected chi connectivity index (χ2v) is 11.8. The fraction of sp³-hybridized carbons (Fsp3) is 0.500. The highest BCUT2D eigenvalue weighted by molar-refractivity contribution is 7.16. The molecule has 2 aliphatic heterocycles. The van der Waals surface area contributed by atoms with Gasteiger partial charge in [0, 0.05) is 31.4 Å². The summed E-state index contributed by atoms with van der Waals surface area (Å²) in [5.41, 5.74) is 9.48. The maximum Gasteiger partial charge on any atom is 0.410 e. The summed E-state index contributed by atoms with van der Waals surface area (Å²) in [5.74, 6) is 1.62. The molecule has 2 aromatic heterocycles. The van der Waals surface area contributed by atoms with Crippen LogP contribution in [0.5, 0.6) is 5.75 Å². The van der Waals surface area contributed by atoms with Crippen molar-refractivity contribution in [3.63, 3.8) is 0 Å². The highest BCUT2D eigenvalue weighted by Gasteiger charge is 2.35. The van der Waals surface area contributed by atoms with Crippen LogP contribution < -0.4 is 20.7 Å². The van der Waals surface area contributed by atoms with Gasteiger partial charge in [0.2, 0.25) is 5.95 Å². The highest BCUT2D eigenvalue weighted by atomic mass is 32.1. The number of rotatable bonds is 4. The van der Waals surface area contributed by atoms with E-state index in [0.717, 1.165) is 21.6 Å². The fourth-order valence-electron chi connectivity index (χ4n) is 4.64. The van der Waals surface area contributed by atoms with Crippen LogP contribution in [0.3, 0.4) is 0 Å². The Labute approximate surface area is 231 Å². The summed E-state index contributed by atoms with van der Waals surface area (Å²) in [4.78, 5) is 44.7. The van der Waals surface area contributed by atoms with Crippen LogP contribution in [0.15, 0.2) is 23.7 Å². The van der Waals surface area contributed by atoms with Crippen molar-refractivity contribution < 1.29 is 19.1 Å². The summed E-state index contributed by atoms with van der Waals surface area (Å²) in [6.07, 6.45) is -0.421. The number of hydrogen-bond acceptors (Lipinski definition) is 10. The number of nitrogen functional groups attached to an aromatic ring is 1. The van der Waals surface area contributed by atoms with Crippen molar-refractivity contribution in [2.24, 2.45) is 0 Å². The van der Waals surface area contributed by atoms with E-state index in [-0.39, 0.29) is 30.2 Å².